The highest BCUT2D eigenvalue weighted by Crippen LogP contribution is 2.27. The molecular formula is C10H15BrClNO2S2. The number of hydrogen-bond acceptors (Lipinski definition) is 3. The summed E-state index contributed by atoms with van der Waals surface area (Å²) in [6, 6.07) is 1.74. The largest absolute Gasteiger partial charge is 0.251 e. The zero-order valence-corrected chi connectivity index (χ0v) is 13.3. The molecule has 0 saturated carbocycles. The molecule has 0 aromatic carbocycles. The first-order valence-electron chi connectivity index (χ1n) is 5.36. The fraction of sp³-hybridized carbons (Fsp3) is 0.600. The molecule has 0 aliphatic rings. The van der Waals surface area contributed by atoms with Crippen molar-refractivity contribution in [2.75, 3.05) is 12.4 Å². The van der Waals surface area contributed by atoms with Crippen LogP contribution in [0.15, 0.2) is 20.1 Å². The van der Waals surface area contributed by atoms with Crippen LogP contribution in [-0.4, -0.2) is 20.8 Å². The summed E-state index contributed by atoms with van der Waals surface area (Å²) in [5, 5.41) is 1.75. The first kappa shape index (κ1) is 15.4. The molecule has 0 aliphatic carbocycles. The van der Waals surface area contributed by atoms with Gasteiger partial charge in [-0.2, -0.15) is 0 Å². The lowest BCUT2D eigenvalue weighted by molar-refractivity contribution is 0.575. The third-order valence-corrected chi connectivity index (χ3v) is 6.58. The molecule has 7 heteroatoms. The van der Waals surface area contributed by atoms with Crippen molar-refractivity contribution in [1.82, 2.24) is 4.72 Å². The van der Waals surface area contributed by atoms with Crippen molar-refractivity contribution in [2.24, 2.45) is 0 Å². The van der Waals surface area contributed by atoms with E-state index >= 15 is 0 Å². The van der Waals surface area contributed by atoms with Crippen LogP contribution in [0.5, 0.6) is 0 Å². The third kappa shape index (κ3) is 5.26. The number of thiophene rings is 1. The summed E-state index contributed by atoms with van der Waals surface area (Å²) in [7, 11) is -3.34. The Hall–Kier alpha value is 0.380. The number of alkyl halides is 1. The van der Waals surface area contributed by atoms with Gasteiger partial charge in [0.1, 0.15) is 4.21 Å². The van der Waals surface area contributed by atoms with E-state index in [1.165, 1.54) is 11.3 Å². The Balaban J connectivity index is 2.34. The van der Waals surface area contributed by atoms with Crippen LogP contribution >= 0.6 is 38.9 Å². The summed E-state index contributed by atoms with van der Waals surface area (Å²) in [6.07, 6.45) is 3.89. The van der Waals surface area contributed by atoms with Crippen molar-refractivity contribution >= 4 is 48.9 Å². The summed E-state index contributed by atoms with van der Waals surface area (Å²) in [6.45, 7) is 0.481. The van der Waals surface area contributed by atoms with Crippen LogP contribution in [0.4, 0.5) is 0 Å². The molecule has 0 bridgehead atoms. The molecule has 0 fully saturated rings. The van der Waals surface area contributed by atoms with E-state index in [0.29, 0.717) is 21.1 Å². The summed E-state index contributed by atoms with van der Waals surface area (Å²) >= 11 is 9.99. The zero-order chi connectivity index (χ0) is 12.7. The SMILES string of the molecule is O=S(=O)(NCCCCCCCl)c1sccc1Br. The molecule has 1 heterocycles. The first-order chi connectivity index (χ1) is 8.08. The van der Waals surface area contributed by atoms with Crippen molar-refractivity contribution in [3.05, 3.63) is 15.9 Å². The number of hydrogen-bond donors (Lipinski definition) is 1. The maximum atomic E-state index is 11.9. The second-order valence-electron chi connectivity index (χ2n) is 3.56. The second kappa shape index (κ2) is 7.74. The highest BCUT2D eigenvalue weighted by atomic mass is 79.9. The molecule has 0 aliphatic heterocycles. The Kier molecular flexibility index (Phi) is 7.02. The monoisotopic (exact) mass is 359 g/mol. The predicted molar refractivity (Wildman–Crippen MR) is 76.4 cm³/mol. The van der Waals surface area contributed by atoms with E-state index < -0.39 is 10.0 Å². The fourth-order valence-electron chi connectivity index (χ4n) is 1.32. The molecule has 0 saturated heterocycles. The zero-order valence-electron chi connectivity index (χ0n) is 9.29. The quantitative estimate of drug-likeness (QED) is 0.569. The van der Waals surface area contributed by atoms with Gasteiger partial charge in [0.15, 0.2) is 0 Å². The topological polar surface area (TPSA) is 46.2 Å². The maximum absolute atomic E-state index is 11.9. The van der Waals surface area contributed by atoms with E-state index in [1.54, 1.807) is 11.4 Å². The van der Waals surface area contributed by atoms with Crippen LogP contribution in [-0.2, 0) is 10.0 Å². The van der Waals surface area contributed by atoms with Gasteiger partial charge in [0.25, 0.3) is 10.0 Å². The minimum Gasteiger partial charge on any atom is -0.210 e. The lowest BCUT2D eigenvalue weighted by atomic mass is 10.2. The molecule has 0 spiro atoms. The van der Waals surface area contributed by atoms with Crippen molar-refractivity contribution in [3.8, 4) is 0 Å². The van der Waals surface area contributed by atoms with Gasteiger partial charge in [0.05, 0.1) is 0 Å². The van der Waals surface area contributed by atoms with Gasteiger partial charge in [-0.05, 0) is 40.2 Å². The first-order valence-corrected chi connectivity index (χ1v) is 9.05. The maximum Gasteiger partial charge on any atom is 0.251 e. The van der Waals surface area contributed by atoms with Gasteiger partial charge in [-0.3, -0.25) is 0 Å². The highest BCUT2D eigenvalue weighted by molar-refractivity contribution is 9.10. The van der Waals surface area contributed by atoms with Gasteiger partial charge >= 0.3 is 0 Å². The van der Waals surface area contributed by atoms with Crippen molar-refractivity contribution in [2.45, 2.75) is 29.9 Å². The number of rotatable bonds is 8. The van der Waals surface area contributed by atoms with E-state index in [2.05, 4.69) is 20.7 Å². The minimum absolute atomic E-state index is 0.346. The molecule has 0 radical (unpaired) electrons. The van der Waals surface area contributed by atoms with Gasteiger partial charge in [-0.1, -0.05) is 12.8 Å². The number of unbranched alkanes of at least 4 members (excludes halogenated alkanes) is 3. The highest BCUT2D eigenvalue weighted by Gasteiger charge is 2.17. The Labute approximate surface area is 120 Å². The minimum atomic E-state index is -3.34. The summed E-state index contributed by atoms with van der Waals surface area (Å²) in [4.78, 5) is 0. The Morgan fingerprint density at radius 3 is 2.59 bits per heavy atom. The predicted octanol–water partition coefficient (Wildman–Crippen LogP) is 3.59. The molecule has 1 aromatic rings. The molecule has 98 valence electrons. The van der Waals surface area contributed by atoms with Gasteiger partial charge in [0, 0.05) is 16.9 Å². The van der Waals surface area contributed by atoms with E-state index in [1.807, 2.05) is 0 Å². The molecule has 0 atom stereocenters. The molecular weight excluding hydrogens is 346 g/mol. The van der Waals surface area contributed by atoms with E-state index in [-0.39, 0.29) is 0 Å². The average molecular weight is 361 g/mol. The molecule has 0 unspecified atom stereocenters. The normalized spacial score (nSPS) is 11.9. The summed E-state index contributed by atoms with van der Waals surface area (Å²) in [5.41, 5.74) is 0. The van der Waals surface area contributed by atoms with Crippen molar-refractivity contribution in [1.29, 1.82) is 0 Å². The Bertz CT molecular complexity index is 433. The number of sulfonamides is 1. The molecule has 1 N–H and O–H groups in total. The van der Waals surface area contributed by atoms with Gasteiger partial charge < -0.3 is 0 Å². The molecule has 3 nitrogen and oxygen atoms in total. The van der Waals surface area contributed by atoms with Crippen LogP contribution in [0, 0.1) is 0 Å². The fourth-order valence-corrected chi connectivity index (χ4v) is 4.96. The van der Waals surface area contributed by atoms with E-state index in [4.69, 9.17) is 11.6 Å². The summed E-state index contributed by atoms with van der Waals surface area (Å²) in [5.74, 6) is 0.674. The standard InChI is InChI=1S/C10H15BrClNO2S2/c11-9-5-8-16-10(9)17(14,15)13-7-4-2-1-3-6-12/h5,8,13H,1-4,6-7H2. The smallest absolute Gasteiger partial charge is 0.210 e. The number of halogens is 2. The van der Waals surface area contributed by atoms with Crippen LogP contribution in [0.3, 0.4) is 0 Å². The van der Waals surface area contributed by atoms with Crippen molar-refractivity contribution < 1.29 is 8.42 Å². The van der Waals surface area contributed by atoms with Crippen LogP contribution in [0.1, 0.15) is 25.7 Å². The molecule has 17 heavy (non-hydrogen) atoms. The Morgan fingerprint density at radius 1 is 1.29 bits per heavy atom. The average Bonchev–Trinajstić information content (AvgIpc) is 2.70. The van der Waals surface area contributed by atoms with Gasteiger partial charge in [-0.25, -0.2) is 13.1 Å². The van der Waals surface area contributed by atoms with Crippen molar-refractivity contribution in [3.63, 3.8) is 0 Å². The van der Waals surface area contributed by atoms with Gasteiger partial charge in [0.2, 0.25) is 0 Å². The number of nitrogens with one attached hydrogen (secondary N) is 1. The van der Waals surface area contributed by atoms with Crippen LogP contribution in [0.2, 0.25) is 0 Å². The lowest BCUT2D eigenvalue weighted by Crippen LogP contribution is -2.24. The van der Waals surface area contributed by atoms with E-state index in [9.17, 15) is 8.42 Å². The van der Waals surface area contributed by atoms with Crippen LogP contribution in [0.25, 0.3) is 0 Å². The molecule has 1 aromatic heterocycles. The molecule has 0 amide bonds. The molecule has 1 rings (SSSR count). The lowest BCUT2D eigenvalue weighted by Gasteiger charge is -2.05. The van der Waals surface area contributed by atoms with Gasteiger partial charge in [-0.15, -0.1) is 22.9 Å². The van der Waals surface area contributed by atoms with E-state index in [0.717, 1.165) is 25.7 Å². The second-order valence-corrected chi connectivity index (χ2v) is 7.67. The Morgan fingerprint density at radius 2 is 2.00 bits per heavy atom. The third-order valence-electron chi connectivity index (χ3n) is 2.18. The van der Waals surface area contributed by atoms with Crippen LogP contribution < -0.4 is 4.72 Å². The summed E-state index contributed by atoms with van der Waals surface area (Å²) < 4.78 is 27.3.